The van der Waals surface area contributed by atoms with Gasteiger partial charge in [-0.1, -0.05) is 24.3 Å². The predicted molar refractivity (Wildman–Crippen MR) is 123 cm³/mol. The van der Waals surface area contributed by atoms with Crippen molar-refractivity contribution in [1.29, 1.82) is 0 Å². The Morgan fingerprint density at radius 3 is 2.58 bits per heavy atom. The number of hydrogen-bond acceptors (Lipinski definition) is 6. The van der Waals surface area contributed by atoms with Crippen LogP contribution in [0.1, 0.15) is 24.1 Å². The summed E-state index contributed by atoms with van der Waals surface area (Å²) in [7, 11) is 3.40. The number of rotatable bonds is 5. The minimum atomic E-state index is -0.768. The van der Waals surface area contributed by atoms with Crippen LogP contribution in [0, 0.1) is 0 Å². The highest BCUT2D eigenvalue weighted by molar-refractivity contribution is 6.06. The van der Waals surface area contributed by atoms with Gasteiger partial charge in [-0.3, -0.25) is 19.6 Å². The molecule has 3 amide bonds. The molecule has 2 fully saturated rings. The summed E-state index contributed by atoms with van der Waals surface area (Å²) in [5, 5.41) is 1.04. The number of nitrogens with zero attached hydrogens (tertiary/aromatic N) is 5. The number of amides is 3. The fourth-order valence-corrected chi connectivity index (χ4v) is 4.93. The zero-order chi connectivity index (χ0) is 23.0. The van der Waals surface area contributed by atoms with E-state index in [0.29, 0.717) is 19.4 Å². The van der Waals surface area contributed by atoms with Crippen LogP contribution in [-0.2, 0) is 17.9 Å². The van der Waals surface area contributed by atoms with Gasteiger partial charge in [-0.2, -0.15) is 0 Å². The fraction of sp³-hybridized carbons (Fsp3) is 0.360. The van der Waals surface area contributed by atoms with Crippen LogP contribution in [0.15, 0.2) is 54.9 Å². The Bertz CT molecular complexity index is 1190. The molecule has 0 bridgehead atoms. The van der Waals surface area contributed by atoms with E-state index in [1.54, 1.807) is 31.5 Å². The molecule has 1 spiro atoms. The molecule has 2 aliphatic heterocycles. The number of methoxy groups -OCH3 is 1. The minimum Gasteiger partial charge on any atom is -0.494 e. The lowest BCUT2D eigenvalue weighted by atomic mass is 9.86. The topological polar surface area (TPSA) is 78.9 Å². The lowest BCUT2D eigenvalue weighted by Crippen LogP contribution is -2.55. The number of likely N-dealkylation sites (tertiary alicyclic amines) is 1. The molecule has 170 valence electrons. The van der Waals surface area contributed by atoms with E-state index in [1.165, 1.54) is 4.90 Å². The van der Waals surface area contributed by atoms with Crippen LogP contribution in [0.25, 0.3) is 10.9 Å². The van der Waals surface area contributed by atoms with Crippen LogP contribution >= 0.6 is 0 Å². The molecule has 8 heteroatoms. The van der Waals surface area contributed by atoms with Crippen LogP contribution in [0.2, 0.25) is 0 Å². The second-order valence-electron chi connectivity index (χ2n) is 8.74. The van der Waals surface area contributed by atoms with Crippen molar-refractivity contribution < 1.29 is 14.3 Å². The van der Waals surface area contributed by atoms with Crippen molar-refractivity contribution in [1.82, 2.24) is 24.7 Å². The minimum absolute atomic E-state index is 0.105. The summed E-state index contributed by atoms with van der Waals surface area (Å²) in [5.41, 5.74) is 1.90. The number of hydrogen-bond donors (Lipinski definition) is 0. The number of fused-ring (bicyclic) bond motifs is 1. The van der Waals surface area contributed by atoms with Gasteiger partial charge in [-0.25, -0.2) is 9.78 Å². The summed E-state index contributed by atoms with van der Waals surface area (Å²) in [6, 6.07) is 13.5. The highest BCUT2D eigenvalue weighted by atomic mass is 16.5. The van der Waals surface area contributed by atoms with Crippen LogP contribution in [0.4, 0.5) is 4.79 Å². The predicted octanol–water partition coefficient (Wildman–Crippen LogP) is 3.07. The molecule has 2 aliphatic rings. The molecule has 2 aromatic heterocycles. The highest BCUT2D eigenvalue weighted by Gasteiger charge is 2.56. The number of carbonyl (C=O) groups excluding carboxylic acids is 2. The number of urea groups is 1. The first-order valence-corrected chi connectivity index (χ1v) is 11.2. The number of imide groups is 1. The quantitative estimate of drug-likeness (QED) is 0.562. The average Bonchev–Trinajstić information content (AvgIpc) is 3.02. The monoisotopic (exact) mass is 445 g/mol. The summed E-state index contributed by atoms with van der Waals surface area (Å²) in [6.07, 6.45) is 4.59. The molecule has 2 saturated heterocycles. The Morgan fingerprint density at radius 2 is 1.85 bits per heavy atom. The third-order valence-electron chi connectivity index (χ3n) is 6.90. The lowest BCUT2D eigenvalue weighted by molar-refractivity contribution is -0.135. The number of aromatic nitrogens is 2. The third kappa shape index (κ3) is 3.70. The average molecular weight is 446 g/mol. The SMILES string of the molecule is COc1cccc2ccc(CN3CCC4(CC3)C(=O)N(Cc3cccnc3)C(=O)N4C)nc12. The van der Waals surface area contributed by atoms with Crippen molar-refractivity contribution in [3.05, 3.63) is 66.1 Å². The zero-order valence-corrected chi connectivity index (χ0v) is 18.9. The Morgan fingerprint density at radius 1 is 1.03 bits per heavy atom. The van der Waals surface area contributed by atoms with Crippen LogP contribution < -0.4 is 4.74 Å². The Labute approximate surface area is 192 Å². The van der Waals surface area contributed by atoms with Gasteiger partial charge in [0.1, 0.15) is 16.8 Å². The van der Waals surface area contributed by atoms with Gasteiger partial charge in [0, 0.05) is 44.5 Å². The third-order valence-corrected chi connectivity index (χ3v) is 6.90. The van der Waals surface area contributed by atoms with Crippen molar-refractivity contribution >= 4 is 22.8 Å². The van der Waals surface area contributed by atoms with Crippen molar-refractivity contribution in [2.75, 3.05) is 27.2 Å². The number of ether oxygens (including phenoxy) is 1. The highest BCUT2D eigenvalue weighted by Crippen LogP contribution is 2.37. The molecule has 3 aromatic rings. The summed E-state index contributed by atoms with van der Waals surface area (Å²) < 4.78 is 5.46. The van der Waals surface area contributed by atoms with Crippen LogP contribution in [-0.4, -0.2) is 69.4 Å². The summed E-state index contributed by atoms with van der Waals surface area (Å²) in [4.78, 5) is 40.5. The van der Waals surface area contributed by atoms with Crippen LogP contribution in [0.3, 0.4) is 0 Å². The van der Waals surface area contributed by atoms with Gasteiger partial charge in [0.25, 0.3) is 5.91 Å². The molecule has 0 aliphatic carbocycles. The Hall–Kier alpha value is -3.52. The normalized spacial score (nSPS) is 18.5. The van der Waals surface area contributed by atoms with E-state index in [-0.39, 0.29) is 18.5 Å². The molecule has 1 aromatic carbocycles. The molecule has 4 heterocycles. The van der Waals surface area contributed by atoms with Crippen molar-refractivity contribution in [3.8, 4) is 5.75 Å². The number of pyridine rings is 2. The second-order valence-corrected chi connectivity index (χ2v) is 8.74. The maximum Gasteiger partial charge on any atom is 0.327 e. The zero-order valence-electron chi connectivity index (χ0n) is 18.9. The number of likely N-dealkylation sites (N-methyl/N-ethyl adjacent to an activating group) is 1. The van der Waals surface area contributed by atoms with Crippen LogP contribution in [0.5, 0.6) is 5.75 Å². The van der Waals surface area contributed by atoms with Crippen molar-refractivity contribution in [2.24, 2.45) is 0 Å². The number of para-hydroxylation sites is 1. The molecule has 0 unspecified atom stereocenters. The smallest absolute Gasteiger partial charge is 0.327 e. The number of benzene rings is 1. The Kier molecular flexibility index (Phi) is 5.46. The molecule has 0 N–H and O–H groups in total. The Balaban J connectivity index is 1.29. The molecule has 0 atom stereocenters. The van der Waals surface area contributed by atoms with Gasteiger partial charge >= 0.3 is 6.03 Å². The van der Waals surface area contributed by atoms with Gasteiger partial charge in [-0.05, 0) is 36.6 Å². The number of carbonyl (C=O) groups is 2. The standard InChI is InChI=1S/C25H27N5O3/c1-28-24(32)30(16-18-5-4-12-26-15-18)23(31)25(28)10-13-29(14-11-25)17-20-9-8-19-6-3-7-21(33-2)22(19)27-20/h3-9,12,15H,10-11,13-14,16-17H2,1-2H3. The van der Waals surface area contributed by atoms with E-state index in [1.807, 2.05) is 36.4 Å². The van der Waals surface area contributed by atoms with Gasteiger partial charge in [0.2, 0.25) is 0 Å². The first-order chi connectivity index (χ1) is 16.0. The number of piperidine rings is 1. The first-order valence-electron chi connectivity index (χ1n) is 11.2. The van der Waals surface area contributed by atoms with E-state index >= 15 is 0 Å². The van der Waals surface area contributed by atoms with E-state index in [9.17, 15) is 9.59 Å². The molecular formula is C25H27N5O3. The maximum absolute atomic E-state index is 13.4. The van der Waals surface area contributed by atoms with E-state index in [2.05, 4.69) is 16.0 Å². The molecule has 0 radical (unpaired) electrons. The van der Waals surface area contributed by atoms with Gasteiger partial charge in [-0.15, -0.1) is 0 Å². The first kappa shape index (κ1) is 21.3. The van der Waals surface area contributed by atoms with E-state index in [0.717, 1.165) is 41.0 Å². The second kappa shape index (κ2) is 8.44. The lowest BCUT2D eigenvalue weighted by Gasteiger charge is -2.40. The van der Waals surface area contributed by atoms with Gasteiger partial charge < -0.3 is 9.64 Å². The molecule has 8 nitrogen and oxygen atoms in total. The summed E-state index contributed by atoms with van der Waals surface area (Å²) in [6.45, 7) is 2.38. The van der Waals surface area contributed by atoms with Crippen molar-refractivity contribution in [2.45, 2.75) is 31.5 Å². The largest absolute Gasteiger partial charge is 0.494 e. The molecule has 33 heavy (non-hydrogen) atoms. The van der Waals surface area contributed by atoms with Crippen molar-refractivity contribution in [3.63, 3.8) is 0 Å². The fourth-order valence-electron chi connectivity index (χ4n) is 4.93. The van der Waals surface area contributed by atoms with Gasteiger partial charge in [0.15, 0.2) is 0 Å². The molecule has 5 rings (SSSR count). The summed E-state index contributed by atoms with van der Waals surface area (Å²) >= 11 is 0. The van der Waals surface area contributed by atoms with E-state index in [4.69, 9.17) is 9.72 Å². The van der Waals surface area contributed by atoms with E-state index < -0.39 is 5.54 Å². The maximum atomic E-state index is 13.4. The van der Waals surface area contributed by atoms with Gasteiger partial charge in [0.05, 0.1) is 19.3 Å². The molecular weight excluding hydrogens is 418 g/mol. The molecule has 0 saturated carbocycles. The summed E-state index contributed by atoms with van der Waals surface area (Å²) in [5.74, 6) is 0.657.